The quantitative estimate of drug-likeness (QED) is 0.509. The van der Waals surface area contributed by atoms with Gasteiger partial charge in [0.15, 0.2) is 11.6 Å². The van der Waals surface area contributed by atoms with Crippen LogP contribution in [-0.4, -0.2) is 0 Å². The topological polar surface area (TPSA) is 0 Å². The van der Waals surface area contributed by atoms with Crippen LogP contribution < -0.4 is 0 Å². The van der Waals surface area contributed by atoms with E-state index in [1.54, 1.807) is 0 Å². The highest BCUT2D eigenvalue weighted by molar-refractivity contribution is 9.09. The Balaban J connectivity index is 2.08. The summed E-state index contributed by atoms with van der Waals surface area (Å²) in [6.45, 7) is 0. The van der Waals surface area contributed by atoms with E-state index in [0.29, 0.717) is 12.0 Å². The second-order valence-electron chi connectivity index (χ2n) is 5.00. The van der Waals surface area contributed by atoms with E-state index >= 15 is 0 Å². The van der Waals surface area contributed by atoms with Crippen molar-refractivity contribution in [2.75, 3.05) is 0 Å². The molecule has 1 aliphatic rings. The van der Waals surface area contributed by atoms with Crippen LogP contribution in [0.2, 0.25) is 0 Å². The minimum atomic E-state index is -1.13. The van der Waals surface area contributed by atoms with Crippen LogP contribution in [0.5, 0.6) is 0 Å². The molecule has 18 heavy (non-hydrogen) atoms. The Morgan fingerprint density at radius 2 is 1.61 bits per heavy atom. The molecule has 0 amide bonds. The average Bonchev–Trinajstić information content (AvgIpc) is 2.35. The maximum atomic E-state index is 13.6. The average molecular weight is 321 g/mol. The molecule has 0 aliphatic heterocycles. The van der Waals surface area contributed by atoms with E-state index < -0.39 is 17.5 Å². The third-order valence-electron chi connectivity index (χ3n) is 3.64. The largest absolute Gasteiger partial charge is 0.207 e. The van der Waals surface area contributed by atoms with Gasteiger partial charge < -0.3 is 0 Å². The molecule has 1 aromatic carbocycles. The summed E-state index contributed by atoms with van der Waals surface area (Å²) in [5.74, 6) is -2.24. The van der Waals surface area contributed by atoms with Gasteiger partial charge >= 0.3 is 0 Å². The van der Waals surface area contributed by atoms with Gasteiger partial charge in [0.1, 0.15) is 5.82 Å². The van der Waals surface area contributed by atoms with Crippen LogP contribution in [0.1, 0.15) is 48.9 Å². The van der Waals surface area contributed by atoms with Gasteiger partial charge in [0.05, 0.1) is 0 Å². The molecule has 2 rings (SSSR count). The summed E-state index contributed by atoms with van der Waals surface area (Å²) < 4.78 is 39.6. The summed E-state index contributed by atoms with van der Waals surface area (Å²) in [6, 6.07) is 1.59. The van der Waals surface area contributed by atoms with Crippen molar-refractivity contribution < 1.29 is 13.2 Å². The number of alkyl halides is 1. The normalized spacial score (nSPS) is 18.9. The van der Waals surface area contributed by atoms with Gasteiger partial charge in [-0.3, -0.25) is 0 Å². The number of hydrogen-bond donors (Lipinski definition) is 0. The van der Waals surface area contributed by atoms with E-state index in [2.05, 4.69) is 15.9 Å². The molecule has 1 fully saturated rings. The standard InChI is InChI=1S/C14H16BrF3/c15-11(6-9-4-2-1-3-5-9)10-7-13(17)14(18)8-12(10)16/h7-9,11H,1-6H2. The smallest absolute Gasteiger partial charge is 0.161 e. The Labute approximate surface area is 114 Å². The van der Waals surface area contributed by atoms with Crippen molar-refractivity contribution in [3.05, 3.63) is 35.1 Å². The Morgan fingerprint density at radius 3 is 2.28 bits per heavy atom. The van der Waals surface area contributed by atoms with Gasteiger partial charge in [-0.2, -0.15) is 0 Å². The highest BCUT2D eigenvalue weighted by atomic mass is 79.9. The summed E-state index contributed by atoms with van der Waals surface area (Å²) in [5.41, 5.74) is 0.222. The number of halogens is 4. The monoisotopic (exact) mass is 320 g/mol. The molecule has 1 saturated carbocycles. The van der Waals surface area contributed by atoms with Crippen LogP contribution in [-0.2, 0) is 0 Å². The van der Waals surface area contributed by atoms with Crippen LogP contribution in [0.25, 0.3) is 0 Å². The predicted molar refractivity (Wildman–Crippen MR) is 69.2 cm³/mol. The molecule has 0 nitrogen and oxygen atoms in total. The lowest BCUT2D eigenvalue weighted by Crippen LogP contribution is -2.09. The van der Waals surface area contributed by atoms with E-state index in [1.165, 1.54) is 19.3 Å². The van der Waals surface area contributed by atoms with Crippen molar-refractivity contribution in [2.45, 2.75) is 43.4 Å². The summed E-state index contributed by atoms with van der Waals surface area (Å²) >= 11 is 3.40. The lowest BCUT2D eigenvalue weighted by Gasteiger charge is -2.24. The fraction of sp³-hybridized carbons (Fsp3) is 0.571. The summed E-state index contributed by atoms with van der Waals surface area (Å²) in [4.78, 5) is -0.240. The first kappa shape index (κ1) is 13.9. The first-order valence-electron chi connectivity index (χ1n) is 6.36. The lowest BCUT2D eigenvalue weighted by atomic mass is 9.85. The van der Waals surface area contributed by atoms with Crippen LogP contribution in [0.3, 0.4) is 0 Å². The van der Waals surface area contributed by atoms with E-state index in [0.717, 1.165) is 25.3 Å². The molecule has 0 heterocycles. The SMILES string of the molecule is Fc1cc(F)c(C(Br)CC2CCCCC2)cc1F. The maximum absolute atomic E-state index is 13.6. The lowest BCUT2D eigenvalue weighted by molar-refractivity contribution is 0.336. The van der Waals surface area contributed by atoms with Gasteiger partial charge in [0, 0.05) is 16.5 Å². The summed E-state index contributed by atoms with van der Waals surface area (Å²) in [7, 11) is 0. The Hall–Kier alpha value is -0.510. The van der Waals surface area contributed by atoms with Crippen molar-refractivity contribution in [1.29, 1.82) is 0 Å². The van der Waals surface area contributed by atoms with Crippen molar-refractivity contribution in [3.63, 3.8) is 0 Å². The van der Waals surface area contributed by atoms with Crippen LogP contribution >= 0.6 is 15.9 Å². The molecule has 1 aliphatic carbocycles. The van der Waals surface area contributed by atoms with Crippen LogP contribution in [0, 0.1) is 23.4 Å². The maximum Gasteiger partial charge on any atom is 0.161 e. The molecular weight excluding hydrogens is 305 g/mol. The third-order valence-corrected chi connectivity index (χ3v) is 4.51. The van der Waals surface area contributed by atoms with E-state index in [-0.39, 0.29) is 10.4 Å². The fourth-order valence-corrected chi connectivity index (χ4v) is 3.50. The fourth-order valence-electron chi connectivity index (χ4n) is 2.62. The van der Waals surface area contributed by atoms with Gasteiger partial charge in [-0.15, -0.1) is 0 Å². The van der Waals surface area contributed by atoms with Gasteiger partial charge in [-0.1, -0.05) is 48.0 Å². The van der Waals surface area contributed by atoms with Gasteiger partial charge in [-0.05, 0) is 18.4 Å². The zero-order valence-electron chi connectivity index (χ0n) is 10.1. The van der Waals surface area contributed by atoms with Gasteiger partial charge in [0.25, 0.3) is 0 Å². The van der Waals surface area contributed by atoms with E-state index in [9.17, 15) is 13.2 Å². The molecule has 1 atom stereocenters. The molecular formula is C14H16BrF3. The van der Waals surface area contributed by atoms with E-state index in [4.69, 9.17) is 0 Å². The number of benzene rings is 1. The second kappa shape index (κ2) is 6.09. The van der Waals surface area contributed by atoms with Crippen molar-refractivity contribution >= 4 is 15.9 Å². The minimum Gasteiger partial charge on any atom is -0.207 e. The van der Waals surface area contributed by atoms with Crippen molar-refractivity contribution in [1.82, 2.24) is 0 Å². The van der Waals surface area contributed by atoms with Crippen molar-refractivity contribution in [3.8, 4) is 0 Å². The summed E-state index contributed by atoms with van der Waals surface area (Å²) in [5, 5.41) is 0. The summed E-state index contributed by atoms with van der Waals surface area (Å²) in [6.07, 6.45) is 6.76. The highest BCUT2D eigenvalue weighted by Gasteiger charge is 2.22. The molecule has 0 bridgehead atoms. The molecule has 1 aromatic rings. The molecule has 0 aromatic heterocycles. The van der Waals surface area contributed by atoms with Crippen LogP contribution in [0.4, 0.5) is 13.2 Å². The third kappa shape index (κ3) is 3.28. The molecule has 0 N–H and O–H groups in total. The highest BCUT2D eigenvalue weighted by Crippen LogP contribution is 2.37. The second-order valence-corrected chi connectivity index (χ2v) is 6.10. The zero-order valence-corrected chi connectivity index (χ0v) is 11.6. The number of rotatable bonds is 3. The molecule has 0 spiro atoms. The Kier molecular flexibility index (Phi) is 4.71. The number of hydrogen-bond acceptors (Lipinski definition) is 0. The zero-order chi connectivity index (χ0) is 13.1. The van der Waals surface area contributed by atoms with Crippen molar-refractivity contribution in [2.24, 2.45) is 5.92 Å². The molecule has 1 unspecified atom stereocenters. The van der Waals surface area contributed by atoms with E-state index in [1.807, 2.05) is 0 Å². The molecule has 100 valence electrons. The molecule has 4 heteroatoms. The first-order valence-corrected chi connectivity index (χ1v) is 7.28. The molecule has 0 saturated heterocycles. The van der Waals surface area contributed by atoms with Crippen LogP contribution in [0.15, 0.2) is 12.1 Å². The minimum absolute atomic E-state index is 0.222. The van der Waals surface area contributed by atoms with Gasteiger partial charge in [-0.25, -0.2) is 13.2 Å². The Morgan fingerprint density at radius 1 is 1.00 bits per heavy atom. The first-order chi connectivity index (χ1) is 8.58. The van der Waals surface area contributed by atoms with Gasteiger partial charge in [0.2, 0.25) is 0 Å². The Bertz CT molecular complexity index is 414. The predicted octanol–water partition coefficient (Wildman–Crippen LogP) is 5.51. The molecule has 0 radical (unpaired) electrons.